The molecule has 0 aliphatic carbocycles. The Hall–Kier alpha value is -2.59. The molecule has 0 fully saturated rings. The Morgan fingerprint density at radius 1 is 1.71 bits per heavy atom. The van der Waals surface area contributed by atoms with Gasteiger partial charge in [-0.1, -0.05) is 5.43 Å². The molecule has 0 saturated heterocycles. The molecule has 0 aromatic carbocycles. The number of rotatable bonds is 1. The van der Waals surface area contributed by atoms with Crippen LogP contribution in [0.2, 0.25) is 0 Å². The van der Waals surface area contributed by atoms with Crippen LogP contribution in [0.25, 0.3) is 0 Å². The molecule has 11 heteroatoms. The van der Waals surface area contributed by atoms with Crippen LogP contribution < -0.4 is 17.0 Å². The van der Waals surface area contributed by atoms with Crippen molar-refractivity contribution in [2.45, 2.75) is 0 Å². The Labute approximate surface area is 76.6 Å². The summed E-state index contributed by atoms with van der Waals surface area (Å²) in [4.78, 5) is 20.4. The van der Waals surface area contributed by atoms with Gasteiger partial charge in [-0.25, -0.2) is 14.9 Å². The molecule has 0 spiro atoms. The third-order valence-corrected chi connectivity index (χ3v) is 0.958. The lowest BCUT2D eigenvalue weighted by molar-refractivity contribution is -0.526. The molecule has 78 valence electrons. The maximum atomic E-state index is 10.4. The average Bonchev–Trinajstić information content (AvgIpc) is 2.00. The average molecular weight is 205 g/mol. The van der Waals surface area contributed by atoms with E-state index in [-0.39, 0.29) is 4.90 Å². The zero-order chi connectivity index (χ0) is 11.3. The smallest absolute Gasteiger partial charge is 0.421 e. The number of carboxylic acid groups (broad SMARTS) is 1. The fourth-order valence-corrected chi connectivity index (χ4v) is 0.526. The number of nitrogens with one attached hydrogen (secondary N) is 2. The molecular formula is C3H7N7O4. The van der Waals surface area contributed by atoms with Crippen LogP contribution in [0.5, 0.6) is 0 Å². The lowest BCUT2D eigenvalue weighted by Gasteiger charge is -2.14. The summed E-state index contributed by atoms with van der Waals surface area (Å²) in [7, 11) is 0. The van der Waals surface area contributed by atoms with Crippen molar-refractivity contribution in [3.8, 4) is 0 Å². The summed E-state index contributed by atoms with van der Waals surface area (Å²) in [5, 5.41) is 26.9. The molecule has 0 radical (unpaired) electrons. The van der Waals surface area contributed by atoms with Gasteiger partial charge in [0.2, 0.25) is 5.96 Å². The highest BCUT2D eigenvalue weighted by Gasteiger charge is 2.25. The number of hydrazine groups is 1. The van der Waals surface area contributed by atoms with Crippen LogP contribution >= 0.6 is 0 Å². The van der Waals surface area contributed by atoms with Crippen LogP contribution in [0.3, 0.4) is 0 Å². The molecule has 0 aliphatic rings. The minimum absolute atomic E-state index is 0.00278. The molecule has 0 atom stereocenters. The van der Waals surface area contributed by atoms with E-state index >= 15 is 0 Å². The highest BCUT2D eigenvalue weighted by atomic mass is 16.7. The van der Waals surface area contributed by atoms with E-state index < -0.39 is 23.0 Å². The summed E-state index contributed by atoms with van der Waals surface area (Å²) in [5.74, 6) is 2.81. The number of hydrogen-bond acceptors (Lipinski definition) is 6. The molecule has 0 bridgehead atoms. The van der Waals surface area contributed by atoms with E-state index in [1.807, 2.05) is 0 Å². The summed E-state index contributed by atoms with van der Waals surface area (Å²) in [6, 6.07) is 0. The van der Waals surface area contributed by atoms with Crippen molar-refractivity contribution >= 4 is 18.0 Å². The van der Waals surface area contributed by atoms with Crippen molar-refractivity contribution in [2.24, 2.45) is 16.7 Å². The molecule has 11 nitrogen and oxygen atoms in total. The van der Waals surface area contributed by atoms with Crippen LogP contribution in [0.1, 0.15) is 0 Å². The zero-order valence-electron chi connectivity index (χ0n) is 6.67. The number of nitrogens with two attached hydrogens (primary N) is 2. The Balaban J connectivity index is 4.88. The van der Waals surface area contributed by atoms with Crippen LogP contribution in [-0.4, -0.2) is 33.1 Å². The van der Waals surface area contributed by atoms with Crippen LogP contribution in [0, 0.1) is 15.5 Å². The van der Waals surface area contributed by atoms with E-state index in [0.29, 0.717) is 0 Å². The highest BCUT2D eigenvalue weighted by molar-refractivity contribution is 6.08. The summed E-state index contributed by atoms with van der Waals surface area (Å²) >= 11 is 0. The molecule has 14 heavy (non-hydrogen) atoms. The van der Waals surface area contributed by atoms with E-state index in [0.717, 1.165) is 0 Å². The number of guanidine groups is 2. The first-order chi connectivity index (χ1) is 6.40. The fraction of sp³-hybridized carbons (Fsp3) is 0. The standard InChI is InChI=1S/C3H7N7O4/c4-1(5)9(3(11)12)2(7-6)8-10(13)14/h6H2,(H3,4,5)(H,7,8)(H,11,12). The van der Waals surface area contributed by atoms with Crippen molar-refractivity contribution in [1.82, 2.24) is 10.3 Å². The number of nitrogens with zero attached hydrogens (tertiary/aromatic N) is 3. The van der Waals surface area contributed by atoms with E-state index in [2.05, 4.69) is 10.9 Å². The van der Waals surface area contributed by atoms with E-state index in [9.17, 15) is 14.9 Å². The van der Waals surface area contributed by atoms with Gasteiger partial charge in [0, 0.05) is 0 Å². The molecule has 0 aromatic rings. The lowest BCUT2D eigenvalue weighted by atomic mass is 10.7. The lowest BCUT2D eigenvalue weighted by Crippen LogP contribution is -2.52. The predicted octanol–water partition coefficient (Wildman–Crippen LogP) is -2.13. The molecule has 0 unspecified atom stereocenters. The summed E-state index contributed by atoms with van der Waals surface area (Å²) in [5.41, 5.74) is 6.18. The Morgan fingerprint density at radius 2 is 2.21 bits per heavy atom. The van der Waals surface area contributed by atoms with Crippen molar-refractivity contribution in [1.29, 1.82) is 5.41 Å². The minimum Gasteiger partial charge on any atom is -0.464 e. The topological polar surface area (TPSA) is 184 Å². The second-order valence-corrected chi connectivity index (χ2v) is 1.82. The van der Waals surface area contributed by atoms with Gasteiger partial charge in [-0.3, -0.25) is 5.41 Å². The molecule has 7 N–H and O–H groups in total. The van der Waals surface area contributed by atoms with Crippen molar-refractivity contribution in [3.63, 3.8) is 0 Å². The van der Waals surface area contributed by atoms with Crippen molar-refractivity contribution in [3.05, 3.63) is 10.1 Å². The molecule has 0 saturated carbocycles. The number of hydrazone groups is 1. The first-order valence-corrected chi connectivity index (χ1v) is 2.96. The Bertz CT molecular complexity index is 283. The minimum atomic E-state index is -1.73. The van der Waals surface area contributed by atoms with Crippen molar-refractivity contribution in [2.75, 3.05) is 0 Å². The first kappa shape index (κ1) is 11.4. The van der Waals surface area contributed by atoms with E-state index in [4.69, 9.17) is 16.2 Å². The SMILES string of the molecule is N=C(N)N(C(=O)O)C(=NN)N[N+](=O)[O-]. The third kappa shape index (κ3) is 2.80. The van der Waals surface area contributed by atoms with Gasteiger partial charge >= 0.3 is 6.09 Å². The van der Waals surface area contributed by atoms with E-state index in [1.165, 1.54) is 5.43 Å². The fourth-order valence-electron chi connectivity index (χ4n) is 0.526. The Kier molecular flexibility index (Phi) is 3.62. The second kappa shape index (κ2) is 4.44. The predicted molar refractivity (Wildman–Crippen MR) is 43.5 cm³/mol. The summed E-state index contributed by atoms with van der Waals surface area (Å²) in [6.45, 7) is 0. The monoisotopic (exact) mass is 205 g/mol. The normalized spacial score (nSPS) is 10.4. The van der Waals surface area contributed by atoms with Gasteiger partial charge < -0.3 is 16.7 Å². The first-order valence-electron chi connectivity index (χ1n) is 2.96. The highest BCUT2D eigenvalue weighted by Crippen LogP contribution is 1.89. The Morgan fingerprint density at radius 3 is 2.43 bits per heavy atom. The van der Waals surface area contributed by atoms with Crippen LogP contribution in [0.15, 0.2) is 5.10 Å². The molecule has 0 rings (SSSR count). The van der Waals surface area contributed by atoms with E-state index in [1.54, 1.807) is 0 Å². The van der Waals surface area contributed by atoms with Crippen LogP contribution in [0.4, 0.5) is 4.79 Å². The van der Waals surface area contributed by atoms with Gasteiger partial charge in [0.25, 0.3) is 5.96 Å². The largest absolute Gasteiger partial charge is 0.464 e. The summed E-state index contributed by atoms with van der Waals surface area (Å²) in [6.07, 6.45) is -1.73. The molecule has 0 heterocycles. The number of hydrogen-bond donors (Lipinski definition) is 5. The van der Waals surface area contributed by atoms with Gasteiger partial charge in [0.05, 0.1) is 0 Å². The van der Waals surface area contributed by atoms with Gasteiger partial charge in [0.1, 0.15) is 0 Å². The van der Waals surface area contributed by atoms with Gasteiger partial charge in [-0.2, -0.15) is 4.90 Å². The van der Waals surface area contributed by atoms with Crippen LogP contribution in [-0.2, 0) is 0 Å². The number of carbonyl (C=O) groups is 1. The molecule has 1 amide bonds. The number of amides is 1. The third-order valence-electron chi connectivity index (χ3n) is 0.958. The second-order valence-electron chi connectivity index (χ2n) is 1.82. The molecular weight excluding hydrogens is 198 g/mol. The summed E-state index contributed by atoms with van der Waals surface area (Å²) < 4.78 is 0. The van der Waals surface area contributed by atoms with Gasteiger partial charge in [-0.05, 0) is 0 Å². The maximum absolute atomic E-state index is 10.4. The molecule has 0 aliphatic heterocycles. The van der Waals surface area contributed by atoms with Crippen molar-refractivity contribution < 1.29 is 14.9 Å². The van der Waals surface area contributed by atoms with Gasteiger partial charge in [0.15, 0.2) is 5.03 Å². The quantitative estimate of drug-likeness (QED) is 0.106. The van der Waals surface area contributed by atoms with Gasteiger partial charge in [-0.15, -0.1) is 5.10 Å². The molecule has 0 aromatic heterocycles. The maximum Gasteiger partial charge on any atom is 0.421 e. The zero-order valence-corrected chi connectivity index (χ0v) is 6.67. The number of nitro groups is 1.